The topological polar surface area (TPSA) is 79.0 Å². The third-order valence-electron chi connectivity index (χ3n) is 6.53. The highest BCUT2D eigenvalue weighted by atomic mass is 16.5. The standard InChI is InChI=1S/C28H35N5O3/c1-20-7-5-8-21(2)27(20)31-28(34)30-23-10-12-26(29-18-23)33-14-6-13-32(15-16-33)19-22-9-11-24(35-3)17-25(22)36-4/h5,7-12,17-18H,6,13-16,19H2,1-4H3,(H2,30,31,34). The van der Waals surface area contributed by atoms with Crippen molar-refractivity contribution >= 4 is 23.2 Å². The van der Waals surface area contributed by atoms with Gasteiger partial charge < -0.3 is 25.0 Å². The van der Waals surface area contributed by atoms with E-state index in [9.17, 15) is 4.79 Å². The number of carbonyl (C=O) groups is 1. The van der Waals surface area contributed by atoms with Gasteiger partial charge >= 0.3 is 6.03 Å². The number of aromatic nitrogens is 1. The van der Waals surface area contributed by atoms with Crippen LogP contribution in [-0.2, 0) is 6.54 Å². The summed E-state index contributed by atoms with van der Waals surface area (Å²) >= 11 is 0. The van der Waals surface area contributed by atoms with Crippen molar-refractivity contribution in [3.05, 3.63) is 71.4 Å². The fraction of sp³-hybridized carbons (Fsp3) is 0.357. The van der Waals surface area contributed by atoms with Crippen LogP contribution in [0.2, 0.25) is 0 Å². The van der Waals surface area contributed by atoms with Gasteiger partial charge in [0.2, 0.25) is 0 Å². The largest absolute Gasteiger partial charge is 0.497 e. The Morgan fingerprint density at radius 1 is 0.944 bits per heavy atom. The molecule has 36 heavy (non-hydrogen) atoms. The summed E-state index contributed by atoms with van der Waals surface area (Å²) in [5, 5.41) is 5.82. The number of benzene rings is 2. The fourth-order valence-electron chi connectivity index (χ4n) is 4.52. The van der Waals surface area contributed by atoms with E-state index in [4.69, 9.17) is 9.47 Å². The minimum atomic E-state index is -0.277. The Hall–Kier alpha value is -3.78. The van der Waals surface area contributed by atoms with Gasteiger partial charge in [0.15, 0.2) is 0 Å². The minimum absolute atomic E-state index is 0.277. The van der Waals surface area contributed by atoms with Crippen LogP contribution < -0.4 is 25.0 Å². The number of ether oxygens (including phenoxy) is 2. The molecule has 0 atom stereocenters. The van der Waals surface area contributed by atoms with Crippen LogP contribution in [0.15, 0.2) is 54.7 Å². The molecule has 1 aliphatic heterocycles. The first-order chi connectivity index (χ1) is 17.5. The van der Waals surface area contributed by atoms with Crippen molar-refractivity contribution in [1.82, 2.24) is 9.88 Å². The van der Waals surface area contributed by atoms with Crippen molar-refractivity contribution in [2.24, 2.45) is 0 Å². The maximum Gasteiger partial charge on any atom is 0.323 e. The lowest BCUT2D eigenvalue weighted by atomic mass is 10.1. The number of rotatable bonds is 7. The average molecular weight is 490 g/mol. The number of methoxy groups -OCH3 is 2. The smallest absolute Gasteiger partial charge is 0.323 e. The number of urea groups is 1. The summed E-state index contributed by atoms with van der Waals surface area (Å²) in [5.41, 5.74) is 4.70. The van der Waals surface area contributed by atoms with E-state index >= 15 is 0 Å². The van der Waals surface area contributed by atoms with Crippen molar-refractivity contribution in [3.8, 4) is 11.5 Å². The zero-order chi connectivity index (χ0) is 25.5. The van der Waals surface area contributed by atoms with E-state index < -0.39 is 0 Å². The number of para-hydroxylation sites is 1. The molecule has 1 aromatic heterocycles. The van der Waals surface area contributed by atoms with Gasteiger partial charge in [-0.05, 0) is 49.6 Å². The van der Waals surface area contributed by atoms with Crippen LogP contribution in [0.4, 0.5) is 22.0 Å². The van der Waals surface area contributed by atoms with Crippen LogP contribution in [0.1, 0.15) is 23.1 Å². The van der Waals surface area contributed by atoms with Gasteiger partial charge in [0.1, 0.15) is 17.3 Å². The maximum absolute atomic E-state index is 12.5. The first kappa shape index (κ1) is 25.3. The molecule has 8 nitrogen and oxygen atoms in total. The number of hydrogen-bond acceptors (Lipinski definition) is 6. The molecule has 0 bridgehead atoms. The summed E-state index contributed by atoms with van der Waals surface area (Å²) in [4.78, 5) is 21.9. The molecule has 0 aliphatic carbocycles. The first-order valence-corrected chi connectivity index (χ1v) is 12.3. The van der Waals surface area contributed by atoms with Crippen LogP contribution in [0.5, 0.6) is 11.5 Å². The van der Waals surface area contributed by atoms with Crippen molar-refractivity contribution in [2.75, 3.05) is 55.9 Å². The molecule has 1 fully saturated rings. The molecule has 2 aromatic carbocycles. The molecule has 1 saturated heterocycles. The second-order valence-electron chi connectivity index (χ2n) is 9.05. The molecule has 2 N–H and O–H groups in total. The van der Waals surface area contributed by atoms with E-state index in [2.05, 4.69) is 31.5 Å². The molecule has 190 valence electrons. The van der Waals surface area contributed by atoms with E-state index in [0.29, 0.717) is 5.69 Å². The van der Waals surface area contributed by atoms with E-state index in [1.54, 1.807) is 20.4 Å². The van der Waals surface area contributed by atoms with E-state index in [0.717, 1.165) is 78.8 Å². The third kappa shape index (κ3) is 6.26. The SMILES string of the molecule is COc1ccc(CN2CCCN(c3ccc(NC(=O)Nc4c(C)cccc4C)cn3)CC2)c(OC)c1. The highest BCUT2D eigenvalue weighted by molar-refractivity contribution is 6.00. The molecular weight excluding hydrogens is 454 g/mol. The summed E-state index contributed by atoms with van der Waals surface area (Å²) in [7, 11) is 3.36. The number of nitrogens with one attached hydrogen (secondary N) is 2. The Morgan fingerprint density at radius 3 is 2.44 bits per heavy atom. The van der Waals surface area contributed by atoms with Crippen LogP contribution in [0.25, 0.3) is 0 Å². The van der Waals surface area contributed by atoms with E-state index in [-0.39, 0.29) is 6.03 Å². The average Bonchev–Trinajstić information content (AvgIpc) is 3.12. The maximum atomic E-state index is 12.5. The quantitative estimate of drug-likeness (QED) is 0.482. The number of pyridine rings is 1. The predicted molar refractivity (Wildman–Crippen MR) is 144 cm³/mol. The zero-order valence-electron chi connectivity index (χ0n) is 21.5. The summed E-state index contributed by atoms with van der Waals surface area (Å²) in [6, 6.07) is 15.5. The summed E-state index contributed by atoms with van der Waals surface area (Å²) in [6.45, 7) is 8.53. The van der Waals surface area contributed by atoms with Crippen molar-refractivity contribution < 1.29 is 14.3 Å². The normalized spacial score (nSPS) is 14.2. The van der Waals surface area contributed by atoms with Gasteiger partial charge in [-0.2, -0.15) is 0 Å². The number of amides is 2. The van der Waals surface area contributed by atoms with Gasteiger partial charge in [-0.15, -0.1) is 0 Å². The lowest BCUT2D eigenvalue weighted by molar-refractivity contribution is 0.262. The number of hydrogen-bond donors (Lipinski definition) is 2. The second kappa shape index (κ2) is 11.8. The molecule has 0 radical (unpaired) electrons. The Labute approximate surface area is 213 Å². The minimum Gasteiger partial charge on any atom is -0.497 e. The Bertz CT molecular complexity index is 1160. The lowest BCUT2D eigenvalue weighted by Crippen LogP contribution is -2.31. The van der Waals surface area contributed by atoms with Crippen molar-refractivity contribution in [1.29, 1.82) is 0 Å². The van der Waals surface area contributed by atoms with Crippen LogP contribution in [-0.4, -0.2) is 56.3 Å². The summed E-state index contributed by atoms with van der Waals surface area (Å²) in [5.74, 6) is 2.56. The van der Waals surface area contributed by atoms with Gasteiger partial charge in [0.25, 0.3) is 0 Å². The number of nitrogens with zero attached hydrogens (tertiary/aromatic N) is 3. The lowest BCUT2D eigenvalue weighted by Gasteiger charge is -2.23. The Kier molecular flexibility index (Phi) is 8.28. The fourth-order valence-corrected chi connectivity index (χ4v) is 4.52. The molecule has 8 heteroatoms. The van der Waals surface area contributed by atoms with Gasteiger partial charge in [-0.1, -0.05) is 24.3 Å². The van der Waals surface area contributed by atoms with Crippen molar-refractivity contribution in [3.63, 3.8) is 0 Å². The number of aryl methyl sites for hydroxylation is 2. The molecule has 2 heterocycles. The van der Waals surface area contributed by atoms with Crippen LogP contribution >= 0.6 is 0 Å². The second-order valence-corrected chi connectivity index (χ2v) is 9.05. The molecule has 1 aliphatic rings. The first-order valence-electron chi connectivity index (χ1n) is 12.3. The molecule has 0 unspecified atom stereocenters. The van der Waals surface area contributed by atoms with Gasteiger partial charge in [-0.3, -0.25) is 4.90 Å². The predicted octanol–water partition coefficient (Wildman–Crippen LogP) is 5.07. The van der Waals surface area contributed by atoms with E-state index in [1.165, 1.54) is 0 Å². The highest BCUT2D eigenvalue weighted by Gasteiger charge is 2.18. The van der Waals surface area contributed by atoms with Crippen LogP contribution in [0.3, 0.4) is 0 Å². The number of carbonyl (C=O) groups excluding carboxylic acids is 1. The van der Waals surface area contributed by atoms with Crippen molar-refractivity contribution in [2.45, 2.75) is 26.8 Å². The zero-order valence-corrected chi connectivity index (χ0v) is 21.5. The summed E-state index contributed by atoms with van der Waals surface area (Å²) < 4.78 is 10.9. The molecule has 3 aromatic rings. The Balaban J connectivity index is 1.32. The number of anilines is 3. The molecular formula is C28H35N5O3. The van der Waals surface area contributed by atoms with E-state index in [1.807, 2.05) is 56.3 Å². The molecule has 0 saturated carbocycles. The molecule has 2 amide bonds. The highest BCUT2D eigenvalue weighted by Crippen LogP contribution is 2.26. The molecule has 4 rings (SSSR count). The van der Waals surface area contributed by atoms with Gasteiger partial charge in [0.05, 0.1) is 26.1 Å². The van der Waals surface area contributed by atoms with Crippen LogP contribution in [0, 0.1) is 13.8 Å². The monoisotopic (exact) mass is 489 g/mol. The third-order valence-corrected chi connectivity index (χ3v) is 6.53. The van der Waals surface area contributed by atoms with Gasteiger partial charge in [0, 0.05) is 50.0 Å². The summed E-state index contributed by atoms with van der Waals surface area (Å²) in [6.07, 6.45) is 2.75. The molecule has 0 spiro atoms. The Morgan fingerprint density at radius 2 is 1.75 bits per heavy atom. The van der Waals surface area contributed by atoms with Gasteiger partial charge in [-0.25, -0.2) is 9.78 Å².